The fourth-order valence-corrected chi connectivity index (χ4v) is 1.71. The van der Waals surface area contributed by atoms with Gasteiger partial charge in [-0.25, -0.2) is 0 Å². The average molecular weight is 269 g/mol. The van der Waals surface area contributed by atoms with Gasteiger partial charge >= 0.3 is 0 Å². The van der Waals surface area contributed by atoms with Crippen LogP contribution in [-0.4, -0.2) is 61.5 Å². The molecule has 1 amide bonds. The minimum absolute atomic E-state index is 0.153. The van der Waals surface area contributed by atoms with Gasteiger partial charge in [0.1, 0.15) is 11.5 Å². The second-order valence-electron chi connectivity index (χ2n) is 3.81. The largest absolute Gasteiger partial charge is 0.497 e. The van der Waals surface area contributed by atoms with Gasteiger partial charge in [-0.1, -0.05) is 0 Å². The van der Waals surface area contributed by atoms with Gasteiger partial charge in [0, 0.05) is 13.1 Å². The molecule has 0 radical (unpaired) electrons. The summed E-state index contributed by atoms with van der Waals surface area (Å²) in [6.45, 7) is -0.0322. The lowest BCUT2D eigenvalue weighted by atomic mass is 10.1. The van der Waals surface area contributed by atoms with Crippen LogP contribution in [0.1, 0.15) is 10.4 Å². The lowest BCUT2D eigenvalue weighted by molar-refractivity contribution is 0.0681. The molecule has 2 N–H and O–H groups in total. The Hall–Kier alpha value is -1.79. The van der Waals surface area contributed by atoms with Gasteiger partial charge in [-0.15, -0.1) is 0 Å². The van der Waals surface area contributed by atoms with Crippen LogP contribution in [-0.2, 0) is 0 Å². The molecule has 0 atom stereocenters. The zero-order chi connectivity index (χ0) is 14.3. The van der Waals surface area contributed by atoms with Crippen molar-refractivity contribution >= 4 is 5.91 Å². The maximum atomic E-state index is 12.3. The van der Waals surface area contributed by atoms with Gasteiger partial charge < -0.3 is 24.6 Å². The molecule has 0 aliphatic carbocycles. The van der Waals surface area contributed by atoms with Gasteiger partial charge in [-0.3, -0.25) is 4.79 Å². The van der Waals surface area contributed by atoms with E-state index in [1.54, 1.807) is 18.2 Å². The Bertz CT molecular complexity index is 415. The predicted molar refractivity (Wildman–Crippen MR) is 69.6 cm³/mol. The second-order valence-corrected chi connectivity index (χ2v) is 3.81. The summed E-state index contributed by atoms with van der Waals surface area (Å²) in [7, 11) is 2.98. The topological polar surface area (TPSA) is 79.2 Å². The number of carbonyl (C=O) groups is 1. The van der Waals surface area contributed by atoms with E-state index in [4.69, 9.17) is 19.7 Å². The Morgan fingerprint density at radius 1 is 1.16 bits per heavy atom. The molecule has 1 aromatic carbocycles. The normalized spacial score (nSPS) is 10.1. The highest BCUT2D eigenvalue weighted by atomic mass is 16.5. The molecule has 0 aliphatic heterocycles. The molecular formula is C13H19NO5. The summed E-state index contributed by atoms with van der Waals surface area (Å²) in [5, 5.41) is 17.9. The molecule has 0 bridgehead atoms. The summed E-state index contributed by atoms with van der Waals surface area (Å²) in [6.07, 6.45) is 0. The number of amides is 1. The molecule has 1 aromatic rings. The lowest BCUT2D eigenvalue weighted by Gasteiger charge is -2.22. The highest BCUT2D eigenvalue weighted by Crippen LogP contribution is 2.25. The van der Waals surface area contributed by atoms with Crippen LogP contribution >= 0.6 is 0 Å². The number of rotatable bonds is 7. The Labute approximate surface area is 112 Å². The third-order valence-electron chi connectivity index (χ3n) is 2.66. The van der Waals surface area contributed by atoms with Crippen molar-refractivity contribution in [3.05, 3.63) is 23.8 Å². The molecule has 1 rings (SSSR count). The van der Waals surface area contributed by atoms with Crippen LogP contribution in [0.2, 0.25) is 0 Å². The fourth-order valence-electron chi connectivity index (χ4n) is 1.71. The smallest absolute Gasteiger partial charge is 0.257 e. The van der Waals surface area contributed by atoms with Gasteiger partial charge in [0.2, 0.25) is 0 Å². The van der Waals surface area contributed by atoms with Crippen molar-refractivity contribution < 1.29 is 24.5 Å². The van der Waals surface area contributed by atoms with Crippen LogP contribution in [0.4, 0.5) is 0 Å². The Morgan fingerprint density at radius 3 is 2.26 bits per heavy atom. The van der Waals surface area contributed by atoms with E-state index in [1.165, 1.54) is 19.1 Å². The number of carbonyl (C=O) groups excluding carboxylic acids is 1. The molecule has 0 unspecified atom stereocenters. The zero-order valence-electron chi connectivity index (χ0n) is 11.1. The molecule has 6 heteroatoms. The van der Waals surface area contributed by atoms with Gasteiger partial charge in [-0.2, -0.15) is 0 Å². The maximum absolute atomic E-state index is 12.3. The Balaban J connectivity index is 3.06. The summed E-state index contributed by atoms with van der Waals surface area (Å²) in [5.41, 5.74) is 0.337. The Kier molecular flexibility index (Phi) is 6.11. The number of aliphatic hydroxyl groups excluding tert-OH is 2. The van der Waals surface area contributed by atoms with Crippen LogP contribution in [0.5, 0.6) is 11.5 Å². The molecule has 19 heavy (non-hydrogen) atoms. The first-order chi connectivity index (χ1) is 9.17. The fraction of sp³-hybridized carbons (Fsp3) is 0.462. The van der Waals surface area contributed by atoms with Gasteiger partial charge in [0.25, 0.3) is 5.91 Å². The van der Waals surface area contributed by atoms with E-state index in [0.29, 0.717) is 17.1 Å². The summed E-state index contributed by atoms with van der Waals surface area (Å²) >= 11 is 0. The number of ether oxygens (including phenoxy) is 2. The minimum atomic E-state index is -0.321. The molecule has 0 saturated heterocycles. The number of hydrogen-bond acceptors (Lipinski definition) is 5. The van der Waals surface area contributed by atoms with Gasteiger partial charge in [0.05, 0.1) is 33.0 Å². The zero-order valence-corrected chi connectivity index (χ0v) is 11.1. The monoisotopic (exact) mass is 269 g/mol. The van der Waals surface area contributed by atoms with Crippen molar-refractivity contribution in [1.82, 2.24) is 4.90 Å². The summed E-state index contributed by atoms with van der Waals surface area (Å²) in [5.74, 6) is 0.641. The van der Waals surface area contributed by atoms with Crippen LogP contribution in [0.25, 0.3) is 0 Å². The van der Waals surface area contributed by atoms with Crippen molar-refractivity contribution in [2.75, 3.05) is 40.5 Å². The van der Waals surface area contributed by atoms with Crippen molar-refractivity contribution in [2.45, 2.75) is 0 Å². The van der Waals surface area contributed by atoms with Crippen LogP contribution in [0, 0.1) is 0 Å². The predicted octanol–water partition coefficient (Wildman–Crippen LogP) is 0.131. The molecule has 0 heterocycles. The first-order valence-electron chi connectivity index (χ1n) is 5.91. The average Bonchev–Trinajstić information content (AvgIpc) is 2.45. The minimum Gasteiger partial charge on any atom is -0.497 e. The second kappa shape index (κ2) is 7.60. The SMILES string of the molecule is COc1ccc(OC)c(C(=O)N(CCO)CCO)c1. The molecular weight excluding hydrogens is 250 g/mol. The molecule has 0 aliphatic rings. The number of nitrogens with zero attached hydrogens (tertiary/aromatic N) is 1. The third kappa shape index (κ3) is 3.84. The molecule has 106 valence electrons. The first kappa shape index (κ1) is 15.3. The maximum Gasteiger partial charge on any atom is 0.257 e. The van der Waals surface area contributed by atoms with E-state index in [0.717, 1.165) is 0 Å². The molecule has 0 fully saturated rings. The van der Waals surface area contributed by atoms with E-state index in [2.05, 4.69) is 0 Å². The van der Waals surface area contributed by atoms with E-state index in [9.17, 15) is 4.79 Å². The van der Waals surface area contributed by atoms with Crippen molar-refractivity contribution in [2.24, 2.45) is 0 Å². The molecule has 6 nitrogen and oxygen atoms in total. The van der Waals surface area contributed by atoms with E-state index in [1.807, 2.05) is 0 Å². The van der Waals surface area contributed by atoms with Gasteiger partial charge in [-0.05, 0) is 18.2 Å². The number of benzene rings is 1. The Morgan fingerprint density at radius 2 is 1.79 bits per heavy atom. The van der Waals surface area contributed by atoms with Crippen LogP contribution in [0.15, 0.2) is 18.2 Å². The van der Waals surface area contributed by atoms with Gasteiger partial charge in [0.15, 0.2) is 0 Å². The highest BCUT2D eigenvalue weighted by Gasteiger charge is 2.19. The van der Waals surface area contributed by atoms with Crippen molar-refractivity contribution in [3.8, 4) is 11.5 Å². The quantitative estimate of drug-likeness (QED) is 0.735. The van der Waals surface area contributed by atoms with Crippen molar-refractivity contribution in [1.29, 1.82) is 0 Å². The summed E-state index contributed by atoms with van der Waals surface area (Å²) < 4.78 is 10.2. The van der Waals surface area contributed by atoms with Crippen molar-refractivity contribution in [3.63, 3.8) is 0 Å². The van der Waals surface area contributed by atoms with E-state index in [-0.39, 0.29) is 32.2 Å². The summed E-state index contributed by atoms with van der Waals surface area (Å²) in [6, 6.07) is 4.91. The van der Waals surface area contributed by atoms with E-state index < -0.39 is 0 Å². The highest BCUT2D eigenvalue weighted by molar-refractivity contribution is 5.97. The molecule has 0 aromatic heterocycles. The lowest BCUT2D eigenvalue weighted by Crippen LogP contribution is -2.36. The number of hydrogen-bond donors (Lipinski definition) is 2. The first-order valence-corrected chi connectivity index (χ1v) is 5.91. The molecule has 0 spiro atoms. The molecule has 0 saturated carbocycles. The van der Waals surface area contributed by atoms with Crippen LogP contribution in [0.3, 0.4) is 0 Å². The third-order valence-corrected chi connectivity index (χ3v) is 2.66. The number of aliphatic hydroxyl groups is 2. The summed E-state index contributed by atoms with van der Waals surface area (Å²) in [4.78, 5) is 13.7. The standard InChI is InChI=1S/C13H19NO5/c1-18-10-3-4-12(19-2)11(9-10)13(17)14(5-7-15)6-8-16/h3-4,9,15-16H,5-8H2,1-2H3. The van der Waals surface area contributed by atoms with Crippen LogP contribution < -0.4 is 9.47 Å². The van der Waals surface area contributed by atoms with E-state index >= 15 is 0 Å². The number of methoxy groups -OCH3 is 2.